The highest BCUT2D eigenvalue weighted by molar-refractivity contribution is 7.09. The summed E-state index contributed by atoms with van der Waals surface area (Å²) >= 11 is 1.76. The molecule has 22 heavy (non-hydrogen) atoms. The average Bonchev–Trinajstić information content (AvgIpc) is 3.16. The summed E-state index contributed by atoms with van der Waals surface area (Å²) in [4.78, 5) is 10.6. The van der Waals surface area contributed by atoms with E-state index < -0.39 is 0 Å². The van der Waals surface area contributed by atoms with Crippen molar-refractivity contribution >= 4 is 11.3 Å². The molecule has 0 aromatic carbocycles. The van der Waals surface area contributed by atoms with E-state index in [2.05, 4.69) is 33.9 Å². The van der Waals surface area contributed by atoms with Crippen molar-refractivity contribution in [1.29, 1.82) is 0 Å². The van der Waals surface area contributed by atoms with Gasteiger partial charge in [-0.2, -0.15) is 0 Å². The Morgan fingerprint density at radius 3 is 3.00 bits per heavy atom. The zero-order valence-corrected chi connectivity index (χ0v) is 14.4. The molecule has 0 bridgehead atoms. The second kappa shape index (κ2) is 6.89. The molecule has 0 unspecified atom stereocenters. The summed E-state index contributed by atoms with van der Waals surface area (Å²) in [6.45, 7) is 9.41. The van der Waals surface area contributed by atoms with E-state index in [0.717, 1.165) is 50.1 Å². The van der Waals surface area contributed by atoms with Crippen LogP contribution in [-0.4, -0.2) is 46.6 Å². The summed E-state index contributed by atoms with van der Waals surface area (Å²) in [7, 11) is 2.21. The highest BCUT2D eigenvalue weighted by Gasteiger charge is 2.24. The third-order valence-corrected chi connectivity index (χ3v) is 5.18. The monoisotopic (exact) mass is 320 g/mol. The predicted octanol–water partition coefficient (Wildman–Crippen LogP) is 2.70. The molecule has 0 aliphatic carbocycles. The SMILES string of the molecule is Cc1cc(CN2CC[C@H](CN(C)Cc3scnc3C)C2)no1. The third-order valence-electron chi connectivity index (χ3n) is 4.26. The zero-order valence-electron chi connectivity index (χ0n) is 13.6. The molecule has 0 amide bonds. The number of thiazole rings is 1. The molecule has 0 radical (unpaired) electrons. The van der Waals surface area contributed by atoms with Gasteiger partial charge in [-0.15, -0.1) is 11.3 Å². The molecule has 1 fully saturated rings. The van der Waals surface area contributed by atoms with Crippen molar-refractivity contribution in [1.82, 2.24) is 19.9 Å². The fourth-order valence-corrected chi connectivity index (χ4v) is 4.01. The van der Waals surface area contributed by atoms with Gasteiger partial charge in [0.15, 0.2) is 0 Å². The molecular weight excluding hydrogens is 296 g/mol. The molecule has 2 aromatic rings. The number of likely N-dealkylation sites (tertiary alicyclic amines) is 1. The molecule has 1 saturated heterocycles. The molecular formula is C16H24N4OS. The summed E-state index contributed by atoms with van der Waals surface area (Å²) in [5.74, 6) is 1.64. The summed E-state index contributed by atoms with van der Waals surface area (Å²) in [6.07, 6.45) is 1.27. The van der Waals surface area contributed by atoms with Crippen molar-refractivity contribution < 1.29 is 4.52 Å². The number of aromatic nitrogens is 2. The van der Waals surface area contributed by atoms with Crippen LogP contribution < -0.4 is 0 Å². The summed E-state index contributed by atoms with van der Waals surface area (Å²) < 4.78 is 5.15. The molecule has 3 rings (SSSR count). The molecule has 5 nitrogen and oxygen atoms in total. The number of nitrogens with zero attached hydrogens (tertiary/aromatic N) is 4. The first-order valence-corrected chi connectivity index (χ1v) is 8.70. The van der Waals surface area contributed by atoms with Crippen molar-refractivity contribution in [3.05, 3.63) is 33.6 Å². The van der Waals surface area contributed by atoms with Gasteiger partial charge in [0.2, 0.25) is 0 Å². The van der Waals surface area contributed by atoms with Crippen molar-refractivity contribution in [2.24, 2.45) is 5.92 Å². The number of hydrogen-bond donors (Lipinski definition) is 0. The second-order valence-corrected chi connectivity index (χ2v) is 7.32. The minimum Gasteiger partial charge on any atom is -0.361 e. The van der Waals surface area contributed by atoms with Gasteiger partial charge in [-0.1, -0.05) is 5.16 Å². The van der Waals surface area contributed by atoms with Crippen LogP contribution in [0.4, 0.5) is 0 Å². The lowest BCUT2D eigenvalue weighted by Crippen LogP contribution is -2.28. The van der Waals surface area contributed by atoms with Crippen LogP contribution in [0.1, 0.15) is 28.4 Å². The Morgan fingerprint density at radius 1 is 1.45 bits per heavy atom. The summed E-state index contributed by atoms with van der Waals surface area (Å²) in [6, 6.07) is 2.03. The molecule has 1 aliphatic rings. The van der Waals surface area contributed by atoms with Crippen LogP contribution in [-0.2, 0) is 13.1 Å². The smallest absolute Gasteiger partial charge is 0.133 e. The molecule has 1 atom stereocenters. The molecule has 2 aromatic heterocycles. The Morgan fingerprint density at radius 2 is 2.32 bits per heavy atom. The van der Waals surface area contributed by atoms with E-state index in [4.69, 9.17) is 4.52 Å². The second-order valence-electron chi connectivity index (χ2n) is 6.38. The van der Waals surface area contributed by atoms with Gasteiger partial charge in [0.25, 0.3) is 0 Å². The molecule has 6 heteroatoms. The third kappa shape index (κ3) is 3.94. The van der Waals surface area contributed by atoms with Crippen molar-refractivity contribution in [3.8, 4) is 0 Å². The van der Waals surface area contributed by atoms with Crippen LogP contribution in [0.2, 0.25) is 0 Å². The highest BCUT2D eigenvalue weighted by Crippen LogP contribution is 2.21. The molecule has 1 aliphatic heterocycles. The molecule has 0 spiro atoms. The Hall–Kier alpha value is -1.24. The standard InChI is InChI=1S/C16H24N4OS/c1-12-6-15(18-21-12)9-20-5-4-14(8-20)7-19(3)10-16-13(2)17-11-22-16/h6,11,14H,4-5,7-10H2,1-3H3/t14-/m1/s1. The zero-order chi connectivity index (χ0) is 15.5. The highest BCUT2D eigenvalue weighted by atomic mass is 32.1. The van der Waals surface area contributed by atoms with Gasteiger partial charge < -0.3 is 9.42 Å². The van der Waals surface area contributed by atoms with E-state index in [-0.39, 0.29) is 0 Å². The van der Waals surface area contributed by atoms with Gasteiger partial charge in [-0.3, -0.25) is 4.90 Å². The van der Waals surface area contributed by atoms with E-state index in [0.29, 0.717) is 0 Å². The maximum absolute atomic E-state index is 5.15. The van der Waals surface area contributed by atoms with Crippen molar-refractivity contribution in [2.45, 2.75) is 33.4 Å². The Labute approximate surface area is 135 Å². The van der Waals surface area contributed by atoms with E-state index in [1.165, 1.54) is 17.0 Å². The van der Waals surface area contributed by atoms with E-state index in [1.807, 2.05) is 18.5 Å². The van der Waals surface area contributed by atoms with Crippen molar-refractivity contribution in [2.75, 3.05) is 26.7 Å². The van der Waals surface area contributed by atoms with Gasteiger partial charge >= 0.3 is 0 Å². The van der Waals surface area contributed by atoms with E-state index >= 15 is 0 Å². The van der Waals surface area contributed by atoms with E-state index in [9.17, 15) is 0 Å². The number of hydrogen-bond acceptors (Lipinski definition) is 6. The lowest BCUT2D eigenvalue weighted by Gasteiger charge is -2.21. The molecule has 120 valence electrons. The molecule has 0 N–H and O–H groups in total. The Balaban J connectivity index is 1.45. The summed E-state index contributed by atoms with van der Waals surface area (Å²) in [5.41, 5.74) is 4.16. The maximum Gasteiger partial charge on any atom is 0.133 e. The molecule has 3 heterocycles. The van der Waals surface area contributed by atoms with Crippen LogP contribution in [0.5, 0.6) is 0 Å². The van der Waals surface area contributed by atoms with Crippen LogP contribution >= 0.6 is 11.3 Å². The van der Waals surface area contributed by atoms with Crippen molar-refractivity contribution in [3.63, 3.8) is 0 Å². The van der Waals surface area contributed by atoms with Gasteiger partial charge in [-0.25, -0.2) is 4.98 Å². The van der Waals surface area contributed by atoms with Gasteiger partial charge in [0.05, 0.1) is 16.9 Å². The number of aryl methyl sites for hydroxylation is 2. The maximum atomic E-state index is 5.15. The van der Waals surface area contributed by atoms with Gasteiger partial charge in [0, 0.05) is 37.1 Å². The lowest BCUT2D eigenvalue weighted by atomic mass is 10.1. The first kappa shape index (κ1) is 15.6. The number of rotatable bonds is 6. The average molecular weight is 320 g/mol. The lowest BCUT2D eigenvalue weighted by molar-refractivity contribution is 0.252. The quantitative estimate of drug-likeness (QED) is 0.819. The largest absolute Gasteiger partial charge is 0.361 e. The first-order chi connectivity index (χ1) is 10.6. The molecule has 0 saturated carbocycles. The minimum atomic E-state index is 0.742. The Bertz CT molecular complexity index is 609. The van der Waals surface area contributed by atoms with Crippen LogP contribution in [0.15, 0.2) is 16.1 Å². The first-order valence-electron chi connectivity index (χ1n) is 7.82. The minimum absolute atomic E-state index is 0.742. The van der Waals surface area contributed by atoms with E-state index in [1.54, 1.807) is 11.3 Å². The topological polar surface area (TPSA) is 45.4 Å². The van der Waals surface area contributed by atoms with Gasteiger partial charge in [-0.05, 0) is 39.8 Å². The van der Waals surface area contributed by atoms with Crippen LogP contribution in [0.25, 0.3) is 0 Å². The fourth-order valence-electron chi connectivity index (χ4n) is 3.16. The van der Waals surface area contributed by atoms with Gasteiger partial charge in [0.1, 0.15) is 5.76 Å². The van der Waals surface area contributed by atoms with Crippen LogP contribution in [0.3, 0.4) is 0 Å². The normalized spacial score (nSPS) is 19.4. The Kier molecular flexibility index (Phi) is 4.90. The summed E-state index contributed by atoms with van der Waals surface area (Å²) in [5, 5.41) is 4.09. The predicted molar refractivity (Wildman–Crippen MR) is 87.8 cm³/mol. The van der Waals surface area contributed by atoms with Crippen LogP contribution in [0, 0.1) is 19.8 Å². The fraction of sp³-hybridized carbons (Fsp3) is 0.625.